The van der Waals surface area contributed by atoms with Crippen molar-refractivity contribution in [1.82, 2.24) is 0 Å². The van der Waals surface area contributed by atoms with E-state index < -0.39 is 4.92 Å². The summed E-state index contributed by atoms with van der Waals surface area (Å²) in [6.45, 7) is 2.20. The number of nitro groups is 1. The molecule has 0 radical (unpaired) electrons. The second kappa shape index (κ2) is 5.92. The number of nitro benzene ring substituents is 1. The van der Waals surface area contributed by atoms with Crippen molar-refractivity contribution in [3.05, 3.63) is 69.8 Å². The molecule has 3 rings (SSSR count). The molecule has 0 spiro atoms. The highest BCUT2D eigenvalue weighted by molar-refractivity contribution is 6.36. The van der Waals surface area contributed by atoms with E-state index >= 15 is 0 Å². The van der Waals surface area contributed by atoms with Crippen LogP contribution in [-0.2, 0) is 9.53 Å². The predicted octanol–water partition coefficient (Wildman–Crippen LogP) is 3.45. The fourth-order valence-electron chi connectivity index (χ4n) is 2.53. The Morgan fingerprint density at radius 2 is 1.96 bits per heavy atom. The number of carbonyl (C=O) groups is 1. The fraction of sp³-hybridized carbons (Fsp3) is 0.118. The lowest BCUT2D eigenvalue weighted by Crippen LogP contribution is -2.07. The molecule has 1 aliphatic heterocycles. The third kappa shape index (κ3) is 2.66. The van der Waals surface area contributed by atoms with Gasteiger partial charge in [0.15, 0.2) is 0 Å². The molecule has 2 aromatic rings. The highest BCUT2D eigenvalue weighted by Crippen LogP contribution is 2.39. The quantitative estimate of drug-likeness (QED) is 0.406. The first kappa shape index (κ1) is 14.8. The lowest BCUT2D eigenvalue weighted by atomic mass is 10.0. The average molecular weight is 310 g/mol. The van der Waals surface area contributed by atoms with Crippen molar-refractivity contribution in [3.63, 3.8) is 0 Å². The SMILES string of the molecule is CCO/C(=C1/C(=O)Nc2ccc([N+](=O)[O-])cc21)c1ccccc1. The summed E-state index contributed by atoms with van der Waals surface area (Å²) < 4.78 is 5.69. The van der Waals surface area contributed by atoms with Crippen LogP contribution in [0.5, 0.6) is 0 Å². The molecule has 0 aliphatic carbocycles. The summed E-state index contributed by atoms with van der Waals surface area (Å²) in [4.78, 5) is 22.9. The molecule has 0 saturated carbocycles. The highest BCUT2D eigenvalue weighted by Gasteiger charge is 2.30. The molecule has 2 aromatic carbocycles. The van der Waals surface area contributed by atoms with Crippen molar-refractivity contribution in [2.45, 2.75) is 6.92 Å². The van der Waals surface area contributed by atoms with Gasteiger partial charge in [0.1, 0.15) is 5.76 Å². The number of amides is 1. The second-order valence-electron chi connectivity index (χ2n) is 4.94. The summed E-state index contributed by atoms with van der Waals surface area (Å²) in [6, 6.07) is 13.5. The summed E-state index contributed by atoms with van der Waals surface area (Å²) in [6.07, 6.45) is 0. The van der Waals surface area contributed by atoms with Crippen LogP contribution >= 0.6 is 0 Å². The van der Waals surface area contributed by atoms with Crippen LogP contribution in [0.25, 0.3) is 11.3 Å². The van der Waals surface area contributed by atoms with Gasteiger partial charge in [-0.05, 0) is 13.0 Å². The Morgan fingerprint density at radius 3 is 2.61 bits per heavy atom. The van der Waals surface area contributed by atoms with Gasteiger partial charge in [-0.2, -0.15) is 0 Å². The maximum Gasteiger partial charge on any atom is 0.270 e. The zero-order chi connectivity index (χ0) is 16.4. The molecule has 1 aliphatic rings. The standard InChI is InChI=1S/C17H14N2O4/c1-2-23-16(11-6-4-3-5-7-11)15-13-10-12(19(21)22)8-9-14(13)18-17(15)20/h3-10H,2H2,1H3,(H,18,20)/b16-15+. The molecule has 6 nitrogen and oxygen atoms in total. The minimum absolute atomic E-state index is 0.0679. The maximum absolute atomic E-state index is 12.4. The van der Waals surface area contributed by atoms with Gasteiger partial charge in [-0.25, -0.2) is 0 Å². The van der Waals surface area contributed by atoms with Crippen LogP contribution in [0.15, 0.2) is 48.5 Å². The van der Waals surface area contributed by atoms with Gasteiger partial charge in [0.2, 0.25) is 0 Å². The number of rotatable bonds is 4. The van der Waals surface area contributed by atoms with Gasteiger partial charge < -0.3 is 10.1 Å². The molecule has 1 amide bonds. The first-order valence-corrected chi connectivity index (χ1v) is 7.14. The van der Waals surface area contributed by atoms with Gasteiger partial charge in [0, 0.05) is 28.9 Å². The molecular weight excluding hydrogens is 296 g/mol. The summed E-state index contributed by atoms with van der Waals surface area (Å²) in [7, 11) is 0. The van der Waals surface area contributed by atoms with E-state index in [0.29, 0.717) is 29.2 Å². The van der Waals surface area contributed by atoms with Crippen LogP contribution in [0.3, 0.4) is 0 Å². The number of anilines is 1. The number of nitrogens with one attached hydrogen (secondary N) is 1. The molecule has 0 unspecified atom stereocenters. The van der Waals surface area contributed by atoms with Crippen LogP contribution in [0.2, 0.25) is 0 Å². The monoisotopic (exact) mass is 310 g/mol. The van der Waals surface area contributed by atoms with E-state index in [2.05, 4.69) is 5.32 Å². The van der Waals surface area contributed by atoms with Gasteiger partial charge in [0.05, 0.1) is 17.1 Å². The number of benzene rings is 2. The number of carbonyl (C=O) groups excluding carboxylic acids is 1. The number of ether oxygens (including phenoxy) is 1. The summed E-state index contributed by atoms with van der Waals surface area (Å²) in [5, 5.41) is 13.7. The molecule has 0 bridgehead atoms. The zero-order valence-corrected chi connectivity index (χ0v) is 12.4. The minimum atomic E-state index is -0.483. The largest absolute Gasteiger partial charge is 0.492 e. The number of nitrogens with zero attached hydrogens (tertiary/aromatic N) is 1. The van der Waals surface area contributed by atoms with Gasteiger partial charge >= 0.3 is 0 Å². The van der Waals surface area contributed by atoms with Crippen molar-refractivity contribution in [3.8, 4) is 0 Å². The topological polar surface area (TPSA) is 81.5 Å². The van der Waals surface area contributed by atoms with Crippen molar-refractivity contribution < 1.29 is 14.5 Å². The van der Waals surface area contributed by atoms with Crippen LogP contribution in [0.1, 0.15) is 18.1 Å². The fourth-order valence-corrected chi connectivity index (χ4v) is 2.53. The van der Waals surface area contributed by atoms with E-state index in [0.717, 1.165) is 5.56 Å². The normalized spacial score (nSPS) is 14.9. The van der Waals surface area contributed by atoms with Gasteiger partial charge in [-0.3, -0.25) is 14.9 Å². The predicted molar refractivity (Wildman–Crippen MR) is 86.6 cm³/mol. The van der Waals surface area contributed by atoms with Crippen molar-refractivity contribution >= 4 is 28.6 Å². The summed E-state index contributed by atoms with van der Waals surface area (Å²) in [5.74, 6) is 0.0950. The molecule has 23 heavy (non-hydrogen) atoms. The van der Waals surface area contributed by atoms with E-state index in [1.165, 1.54) is 18.2 Å². The Labute approximate surface area is 132 Å². The van der Waals surface area contributed by atoms with E-state index in [4.69, 9.17) is 4.74 Å². The summed E-state index contributed by atoms with van der Waals surface area (Å²) >= 11 is 0. The van der Waals surface area contributed by atoms with Crippen molar-refractivity contribution in [1.29, 1.82) is 0 Å². The lowest BCUT2D eigenvalue weighted by molar-refractivity contribution is -0.384. The van der Waals surface area contributed by atoms with E-state index in [1.54, 1.807) is 0 Å². The molecule has 0 aromatic heterocycles. The first-order valence-electron chi connectivity index (χ1n) is 7.14. The molecule has 0 atom stereocenters. The minimum Gasteiger partial charge on any atom is -0.492 e. The molecule has 0 saturated heterocycles. The first-order chi connectivity index (χ1) is 11.1. The van der Waals surface area contributed by atoms with Gasteiger partial charge in [-0.15, -0.1) is 0 Å². The number of hydrogen-bond acceptors (Lipinski definition) is 4. The number of hydrogen-bond donors (Lipinski definition) is 1. The van der Waals surface area contributed by atoms with Crippen LogP contribution in [0, 0.1) is 10.1 Å². The maximum atomic E-state index is 12.4. The molecule has 116 valence electrons. The average Bonchev–Trinajstić information content (AvgIpc) is 2.88. The molecular formula is C17H14N2O4. The highest BCUT2D eigenvalue weighted by atomic mass is 16.6. The number of non-ortho nitro benzene ring substituents is 1. The van der Waals surface area contributed by atoms with Gasteiger partial charge in [-0.1, -0.05) is 30.3 Å². The Hall–Kier alpha value is -3.15. The van der Waals surface area contributed by atoms with Crippen LogP contribution in [0.4, 0.5) is 11.4 Å². The Bertz CT molecular complexity index is 813. The molecule has 1 N–H and O–H groups in total. The van der Waals surface area contributed by atoms with Crippen LogP contribution < -0.4 is 5.32 Å². The third-order valence-electron chi connectivity index (χ3n) is 3.51. The smallest absolute Gasteiger partial charge is 0.270 e. The van der Waals surface area contributed by atoms with Crippen LogP contribution in [-0.4, -0.2) is 17.4 Å². The number of fused-ring (bicyclic) bond motifs is 1. The van der Waals surface area contributed by atoms with E-state index in [-0.39, 0.29) is 11.6 Å². The van der Waals surface area contributed by atoms with Gasteiger partial charge in [0.25, 0.3) is 11.6 Å². The molecule has 6 heteroatoms. The Kier molecular flexibility index (Phi) is 3.80. The summed E-state index contributed by atoms with van der Waals surface area (Å²) in [5.41, 5.74) is 2.03. The Morgan fingerprint density at radius 1 is 1.22 bits per heavy atom. The van der Waals surface area contributed by atoms with Crippen molar-refractivity contribution in [2.24, 2.45) is 0 Å². The third-order valence-corrected chi connectivity index (χ3v) is 3.51. The molecule has 0 fully saturated rings. The lowest BCUT2D eigenvalue weighted by Gasteiger charge is -2.12. The second-order valence-corrected chi connectivity index (χ2v) is 4.94. The van der Waals surface area contributed by atoms with E-state index in [9.17, 15) is 14.9 Å². The Balaban J connectivity index is 2.23. The van der Waals surface area contributed by atoms with E-state index in [1.807, 2.05) is 37.3 Å². The zero-order valence-electron chi connectivity index (χ0n) is 12.4. The van der Waals surface area contributed by atoms with Crippen molar-refractivity contribution in [2.75, 3.05) is 11.9 Å². The molecule has 1 heterocycles.